The number of aliphatic hydroxyl groups is 3. The normalized spacial score (nSPS) is 12.6. The van der Waals surface area contributed by atoms with Crippen molar-refractivity contribution < 1.29 is 163 Å². The van der Waals surface area contributed by atoms with Gasteiger partial charge in [-0.2, -0.15) is 0 Å². The number of esters is 15. The summed E-state index contributed by atoms with van der Waals surface area (Å²) in [5.74, 6) is -5.13. The third-order valence-corrected chi connectivity index (χ3v) is 22.2. The zero-order valence-corrected chi connectivity index (χ0v) is 91.2. The van der Waals surface area contributed by atoms with Gasteiger partial charge in [-0.3, -0.25) is 52.7 Å². The van der Waals surface area contributed by atoms with Crippen molar-refractivity contribution in [3.8, 4) is 0 Å². The van der Waals surface area contributed by atoms with Crippen molar-refractivity contribution in [3.63, 3.8) is 0 Å². The predicted octanol–water partition coefficient (Wildman–Crippen LogP) is 16.3. The second kappa shape index (κ2) is 77.7. The molecule has 0 aliphatic carbocycles. The number of methoxy groups -OCH3 is 1. The standard InChI is InChI=1S/2C16H26O6.C13H18O2.2C12H20O5.C11H20O3.C10H21NO2.C8H16O3.C7H14O2/c2*1-6-16(4,5)15(19)22-11-10-20-13(17)8-7-9-21-14(18)12(2)3;1-4-13(2,3)12(14)15-10-11-8-6-5-7-9-11;2*1-5-10(14)16-7-9(13)8-17-11(15)12(3,4)6-2;1-4-11(2,3)10(12)14-8-9-6-5-7-13-9;1-6-10(2,3)9(12)13-8-7-11(4)5;1-4-8(2,3)7(10)11-6-5-9;1-5-7(2,3)6(8)9-4/h2*2,6-11H2,1,3-5H3;5-9H,4,10H2,1-3H3;2*5,9,13H,1,6-8H2,2-4H3;9H,4-8H2,1-3H3;6-8H2,1-5H3;9H,4-6H2,1-3H3;5H2,1-4H3. The number of carbonyl (C=O) groups is 15. The Morgan fingerprint density at radius 3 is 0.936 bits per heavy atom. The molecular formula is C105H181NO34. The number of nitrogens with zero attached hydrogens (tertiary/aromatic N) is 1. The summed E-state index contributed by atoms with van der Waals surface area (Å²) in [5.41, 5.74) is -2.36. The highest BCUT2D eigenvalue weighted by atomic mass is 16.6. The fourth-order valence-electron chi connectivity index (χ4n) is 7.91. The molecule has 3 N–H and O–H groups in total. The monoisotopic (exact) mass is 2000 g/mol. The van der Waals surface area contributed by atoms with Crippen LogP contribution in [-0.2, 0) is 154 Å². The Labute approximate surface area is 836 Å². The van der Waals surface area contributed by atoms with Gasteiger partial charge in [0.25, 0.3) is 0 Å². The second-order valence-electron chi connectivity index (χ2n) is 38.6. The van der Waals surface area contributed by atoms with Gasteiger partial charge in [-0.05, 0) is 242 Å². The van der Waals surface area contributed by atoms with E-state index in [1.54, 1.807) is 69.2 Å². The number of aliphatic hydroxyl groups excluding tert-OH is 3. The van der Waals surface area contributed by atoms with Crippen molar-refractivity contribution in [1.29, 1.82) is 0 Å². The molecule has 810 valence electrons. The van der Waals surface area contributed by atoms with Crippen LogP contribution >= 0.6 is 0 Å². The molecule has 1 aromatic rings. The van der Waals surface area contributed by atoms with Crippen LogP contribution in [0.2, 0.25) is 0 Å². The molecule has 3 unspecified atom stereocenters. The number of carbonyl (C=O) groups excluding carboxylic acids is 15. The smallest absolute Gasteiger partial charge is 0.333 e. The molecule has 0 radical (unpaired) electrons. The Morgan fingerprint density at radius 1 is 0.386 bits per heavy atom. The molecule has 3 atom stereocenters. The fourth-order valence-corrected chi connectivity index (χ4v) is 7.91. The number of likely N-dealkylation sites (N-methyl/N-ethyl adjacent to an activating group) is 1. The molecule has 35 nitrogen and oxygen atoms in total. The molecule has 1 aliphatic heterocycles. The summed E-state index contributed by atoms with van der Waals surface area (Å²) in [6, 6.07) is 9.72. The first-order valence-electron chi connectivity index (χ1n) is 48.0. The molecule has 0 amide bonds. The van der Waals surface area contributed by atoms with E-state index in [0.717, 1.165) is 75.8 Å². The molecule has 1 fully saturated rings. The van der Waals surface area contributed by atoms with E-state index in [1.807, 2.05) is 181 Å². The van der Waals surface area contributed by atoms with Gasteiger partial charge in [-0.1, -0.05) is 119 Å². The van der Waals surface area contributed by atoms with Crippen LogP contribution in [0.3, 0.4) is 0 Å². The molecule has 1 heterocycles. The Morgan fingerprint density at radius 2 is 0.664 bits per heavy atom. The SMILES string of the molecule is C=C(C)C(=O)OCCCC(=O)OCCOC(=O)C(C)(C)CC.C=C(C)C(=O)OCCCC(=O)OCCOC(=O)C(C)(C)CC.C=CC(=O)OCC(O)COC(=O)C(C)(C)CC.C=CC(=O)OCC(O)COC(=O)C(C)(C)CC.CCC(C)(C)C(=O)OC.CCC(C)(C)C(=O)OCC1CCCO1.CCC(C)(C)C(=O)OCCN(C)C.CCC(C)(C)C(=O)OCCO.CCC(C)(C)C(=O)OCc1ccccc1. The van der Waals surface area contributed by atoms with Crippen LogP contribution in [0, 0.1) is 48.7 Å². The van der Waals surface area contributed by atoms with E-state index in [9.17, 15) is 82.1 Å². The van der Waals surface area contributed by atoms with E-state index in [4.69, 9.17) is 66.7 Å². The number of rotatable bonds is 53. The van der Waals surface area contributed by atoms with E-state index < -0.39 is 75.1 Å². The minimum absolute atomic E-state index is 0.0237. The maximum atomic E-state index is 11.7. The van der Waals surface area contributed by atoms with E-state index in [0.29, 0.717) is 69.5 Å². The molecule has 2 rings (SSSR count). The zero-order valence-electron chi connectivity index (χ0n) is 91.2. The molecular weight excluding hydrogens is 1820 g/mol. The third-order valence-electron chi connectivity index (χ3n) is 22.2. The maximum absolute atomic E-state index is 11.7. The molecule has 1 saturated heterocycles. The van der Waals surface area contributed by atoms with Gasteiger partial charge in [0.15, 0.2) is 0 Å². The van der Waals surface area contributed by atoms with Gasteiger partial charge in [-0.15, -0.1) is 0 Å². The van der Waals surface area contributed by atoms with Crippen LogP contribution in [0.5, 0.6) is 0 Å². The number of hydrogen-bond acceptors (Lipinski definition) is 35. The summed E-state index contributed by atoms with van der Waals surface area (Å²) in [6.07, 6.45) is 9.83. The van der Waals surface area contributed by atoms with E-state index in [-0.39, 0.29) is 174 Å². The van der Waals surface area contributed by atoms with Crippen molar-refractivity contribution in [2.45, 2.75) is 322 Å². The number of ether oxygens (including phenoxy) is 16. The highest BCUT2D eigenvalue weighted by molar-refractivity contribution is 5.88. The fraction of sp³-hybridized carbons (Fsp3) is 0.724. The molecule has 1 aliphatic rings. The quantitative estimate of drug-likeness (QED) is 0.0236. The lowest BCUT2D eigenvalue weighted by Gasteiger charge is -2.21. The van der Waals surface area contributed by atoms with Crippen LogP contribution in [-0.4, -0.2) is 255 Å². The van der Waals surface area contributed by atoms with Crippen molar-refractivity contribution in [1.82, 2.24) is 4.90 Å². The Hall–Kier alpha value is -9.97. The van der Waals surface area contributed by atoms with E-state index in [1.165, 1.54) is 7.11 Å². The highest BCUT2D eigenvalue weighted by Crippen LogP contribution is 2.29. The molecule has 1 aromatic carbocycles. The molecule has 140 heavy (non-hydrogen) atoms. The summed E-state index contributed by atoms with van der Waals surface area (Å²) in [7, 11) is 5.33. The Bertz CT molecular complexity index is 3650. The molecule has 0 saturated carbocycles. The zero-order chi connectivity index (χ0) is 110. The van der Waals surface area contributed by atoms with Gasteiger partial charge in [0.05, 0.1) is 81.8 Å². The highest BCUT2D eigenvalue weighted by Gasteiger charge is 2.35. The summed E-state index contributed by atoms with van der Waals surface area (Å²) >= 11 is 0. The van der Waals surface area contributed by atoms with Crippen LogP contribution in [0.1, 0.15) is 303 Å². The van der Waals surface area contributed by atoms with Crippen molar-refractivity contribution >= 4 is 89.5 Å². The maximum Gasteiger partial charge on any atom is 0.333 e. The minimum Gasteiger partial charge on any atom is -0.469 e. The van der Waals surface area contributed by atoms with Crippen LogP contribution in [0.25, 0.3) is 0 Å². The lowest BCUT2D eigenvalue weighted by atomic mass is 9.91. The topological polar surface area (TPSA) is 468 Å². The first-order valence-corrected chi connectivity index (χ1v) is 48.0. The van der Waals surface area contributed by atoms with Crippen LogP contribution in [0.4, 0.5) is 0 Å². The largest absolute Gasteiger partial charge is 0.469 e. The van der Waals surface area contributed by atoms with Gasteiger partial charge in [0.1, 0.15) is 91.5 Å². The van der Waals surface area contributed by atoms with Gasteiger partial charge < -0.3 is 96.0 Å². The summed E-state index contributed by atoms with van der Waals surface area (Å²) < 4.78 is 78.9. The summed E-state index contributed by atoms with van der Waals surface area (Å²) in [6.45, 7) is 69.4. The van der Waals surface area contributed by atoms with Gasteiger partial charge in [0.2, 0.25) is 0 Å². The lowest BCUT2D eigenvalue weighted by Crippen LogP contribution is -2.31. The molecule has 0 aromatic heterocycles. The Balaban J connectivity index is -0.000000287. The Kier molecular flexibility index (Phi) is 79.3. The van der Waals surface area contributed by atoms with Gasteiger partial charge in [0, 0.05) is 49.3 Å². The van der Waals surface area contributed by atoms with Gasteiger partial charge >= 0.3 is 89.5 Å². The second-order valence-corrected chi connectivity index (χ2v) is 38.6. The minimum atomic E-state index is -1.02. The van der Waals surface area contributed by atoms with Gasteiger partial charge in [-0.25, -0.2) is 19.2 Å². The van der Waals surface area contributed by atoms with Crippen LogP contribution in [0.15, 0.2) is 79.9 Å². The molecule has 0 spiro atoms. The number of benzene rings is 1. The number of hydrogen-bond donors (Lipinski definition) is 3. The van der Waals surface area contributed by atoms with Crippen molar-refractivity contribution in [2.75, 3.05) is 127 Å². The predicted molar refractivity (Wildman–Crippen MR) is 532 cm³/mol. The van der Waals surface area contributed by atoms with E-state index in [2.05, 4.69) is 40.5 Å². The van der Waals surface area contributed by atoms with Crippen LogP contribution < -0.4 is 0 Å². The lowest BCUT2D eigenvalue weighted by molar-refractivity contribution is -0.160. The van der Waals surface area contributed by atoms with E-state index >= 15 is 0 Å². The first-order chi connectivity index (χ1) is 64.7. The van der Waals surface area contributed by atoms with Crippen molar-refractivity contribution in [3.05, 3.63) is 85.5 Å². The molecule has 0 bridgehead atoms. The van der Waals surface area contributed by atoms with Crippen molar-refractivity contribution in [2.24, 2.45) is 48.7 Å². The summed E-state index contributed by atoms with van der Waals surface area (Å²) in [5, 5.41) is 27.2. The third kappa shape index (κ3) is 73.2. The summed E-state index contributed by atoms with van der Waals surface area (Å²) in [4.78, 5) is 171. The average Bonchev–Trinajstić information content (AvgIpc) is 1.18. The first kappa shape index (κ1) is 143. The molecule has 35 heteroatoms. The average molecular weight is 2000 g/mol.